The Morgan fingerprint density at radius 1 is 1.09 bits per heavy atom. The van der Waals surface area contributed by atoms with Crippen molar-refractivity contribution in [2.45, 2.75) is 12.8 Å². The molecule has 4 nitrogen and oxygen atoms in total. The highest BCUT2D eigenvalue weighted by molar-refractivity contribution is 9.14. The molecule has 0 N–H and O–H groups in total. The fourth-order valence-corrected chi connectivity index (χ4v) is 5.54. The van der Waals surface area contributed by atoms with Crippen molar-refractivity contribution in [1.82, 2.24) is 9.38 Å². The Hall–Kier alpha value is 0.0500. The van der Waals surface area contributed by atoms with Gasteiger partial charge in [0.1, 0.15) is 5.69 Å². The van der Waals surface area contributed by atoms with E-state index in [1.54, 1.807) is 0 Å². The van der Waals surface area contributed by atoms with Crippen LogP contribution in [0.5, 0.6) is 0 Å². The Bertz CT molecular complexity index is 685. The molecule has 1 saturated heterocycles. The second-order valence-electron chi connectivity index (χ2n) is 6.15. The molecule has 3 aliphatic heterocycles. The van der Waals surface area contributed by atoms with Crippen molar-refractivity contribution in [1.29, 1.82) is 0 Å². The van der Waals surface area contributed by atoms with Crippen LogP contribution in [0.4, 0.5) is 11.4 Å². The van der Waals surface area contributed by atoms with E-state index in [-0.39, 0.29) is 0 Å². The smallest absolute Gasteiger partial charge is 0.310 e. The number of ether oxygens (including phenoxy) is 1. The fraction of sp³-hybridized carbons (Fsp3) is 0.533. The zero-order valence-corrected chi connectivity index (χ0v) is 17.1. The fourth-order valence-electron chi connectivity index (χ4n) is 3.79. The van der Waals surface area contributed by atoms with Gasteiger partial charge in [-0.2, -0.15) is 4.99 Å². The van der Waals surface area contributed by atoms with E-state index in [9.17, 15) is 0 Å². The number of nitrogens with zero attached hydrogens (tertiary/aromatic N) is 3. The summed E-state index contributed by atoms with van der Waals surface area (Å²) in [6, 6.07) is 0. The molecule has 4 rings (SSSR count). The number of quaternary nitrogens is 1. The number of benzene rings is 1. The van der Waals surface area contributed by atoms with Gasteiger partial charge in [-0.05, 0) is 54.2 Å². The Balaban J connectivity index is 1.91. The topological polar surface area (TPSA) is 24.8 Å². The summed E-state index contributed by atoms with van der Waals surface area (Å²) in [4.78, 5) is 7.46. The molecule has 1 fully saturated rings. The van der Waals surface area contributed by atoms with Crippen molar-refractivity contribution in [2.24, 2.45) is 4.99 Å². The third-order valence-corrected chi connectivity index (χ3v) is 8.35. The molecule has 0 spiro atoms. The van der Waals surface area contributed by atoms with Gasteiger partial charge in [-0.1, -0.05) is 0 Å². The average Bonchev–Trinajstić information content (AvgIpc) is 2.85. The van der Waals surface area contributed by atoms with Crippen LogP contribution in [-0.4, -0.2) is 50.8 Å². The standard InChI is InChI=1S/C15H17Br3N3O/c1-21-6-2-3-9-10(16)11(17)12(18)13(14(9)21)19-15(21)20-4-7-22-8-5-20/h2-8H2,1H3/q+1. The first kappa shape index (κ1) is 15.6. The van der Waals surface area contributed by atoms with E-state index >= 15 is 0 Å². The number of guanidine groups is 1. The van der Waals surface area contributed by atoms with E-state index in [0.29, 0.717) is 0 Å². The monoisotopic (exact) mass is 492 g/mol. The molecular formula is C15H17Br3N3O+. The average molecular weight is 495 g/mol. The van der Waals surface area contributed by atoms with Crippen molar-refractivity contribution in [2.75, 3.05) is 39.9 Å². The van der Waals surface area contributed by atoms with Crippen molar-refractivity contribution >= 4 is 65.1 Å². The summed E-state index contributed by atoms with van der Waals surface area (Å²) in [5.41, 5.74) is 3.84. The van der Waals surface area contributed by atoms with Crippen LogP contribution in [0, 0.1) is 0 Å². The predicted octanol–water partition coefficient (Wildman–Crippen LogP) is 4.19. The molecule has 7 heteroatoms. The number of hydrogen-bond acceptors (Lipinski definition) is 3. The van der Waals surface area contributed by atoms with Crippen molar-refractivity contribution in [3.63, 3.8) is 0 Å². The van der Waals surface area contributed by atoms with Crippen LogP contribution in [-0.2, 0) is 11.2 Å². The molecule has 1 aromatic carbocycles. The molecule has 0 aromatic heterocycles. The highest BCUT2D eigenvalue weighted by atomic mass is 79.9. The lowest BCUT2D eigenvalue weighted by Crippen LogP contribution is -2.60. The van der Waals surface area contributed by atoms with Crippen LogP contribution in [0.3, 0.4) is 0 Å². The second-order valence-corrected chi connectivity index (χ2v) is 8.53. The van der Waals surface area contributed by atoms with E-state index in [4.69, 9.17) is 9.73 Å². The second kappa shape index (κ2) is 5.55. The van der Waals surface area contributed by atoms with Crippen LogP contribution >= 0.6 is 47.8 Å². The summed E-state index contributed by atoms with van der Waals surface area (Å²) in [5, 5.41) is 0. The molecule has 0 saturated carbocycles. The summed E-state index contributed by atoms with van der Waals surface area (Å²) in [6.45, 7) is 4.54. The maximum atomic E-state index is 5.51. The maximum absolute atomic E-state index is 5.51. The number of aliphatic imine (C=N–C) groups is 1. The normalized spacial score (nSPS) is 26.9. The van der Waals surface area contributed by atoms with E-state index in [0.717, 1.165) is 58.4 Å². The zero-order valence-electron chi connectivity index (χ0n) is 12.3. The first-order chi connectivity index (χ1) is 10.5. The van der Waals surface area contributed by atoms with Crippen molar-refractivity contribution < 1.29 is 4.74 Å². The Kier molecular flexibility index (Phi) is 3.93. The molecule has 3 heterocycles. The van der Waals surface area contributed by atoms with Gasteiger partial charge < -0.3 is 9.64 Å². The van der Waals surface area contributed by atoms with E-state index in [1.165, 1.54) is 28.1 Å². The van der Waals surface area contributed by atoms with Gasteiger partial charge in [-0.25, -0.2) is 4.48 Å². The van der Waals surface area contributed by atoms with Crippen molar-refractivity contribution in [3.05, 3.63) is 19.0 Å². The number of morpholine rings is 1. The minimum absolute atomic E-state index is 0.788. The van der Waals surface area contributed by atoms with Gasteiger partial charge in [0.05, 0.1) is 31.3 Å². The summed E-state index contributed by atoms with van der Waals surface area (Å²) < 4.78 is 9.61. The van der Waals surface area contributed by atoms with Gasteiger partial charge in [0.15, 0.2) is 5.69 Å². The van der Waals surface area contributed by atoms with Gasteiger partial charge in [0.25, 0.3) is 0 Å². The zero-order chi connectivity index (χ0) is 15.5. The van der Waals surface area contributed by atoms with Crippen LogP contribution in [0.25, 0.3) is 0 Å². The molecule has 118 valence electrons. The minimum Gasteiger partial charge on any atom is -0.378 e. The molecule has 0 amide bonds. The minimum atomic E-state index is 0.788. The molecule has 1 unspecified atom stereocenters. The summed E-state index contributed by atoms with van der Waals surface area (Å²) in [5.74, 6) is 1.17. The summed E-state index contributed by atoms with van der Waals surface area (Å²) in [6.07, 6.45) is 2.29. The van der Waals surface area contributed by atoms with E-state index in [1.807, 2.05) is 0 Å². The molecule has 1 atom stereocenters. The lowest BCUT2D eigenvalue weighted by molar-refractivity contribution is 0.0634. The largest absolute Gasteiger partial charge is 0.378 e. The van der Waals surface area contributed by atoms with Gasteiger partial charge >= 0.3 is 5.96 Å². The van der Waals surface area contributed by atoms with Crippen LogP contribution < -0.4 is 4.48 Å². The molecule has 0 aliphatic carbocycles. The number of halogens is 3. The molecule has 0 bridgehead atoms. The lowest BCUT2D eigenvalue weighted by atomic mass is 9.99. The van der Waals surface area contributed by atoms with Crippen LogP contribution in [0.15, 0.2) is 18.4 Å². The molecular weight excluding hydrogens is 478 g/mol. The van der Waals surface area contributed by atoms with E-state index < -0.39 is 0 Å². The van der Waals surface area contributed by atoms with Gasteiger partial charge in [0.2, 0.25) is 0 Å². The Morgan fingerprint density at radius 2 is 1.82 bits per heavy atom. The Morgan fingerprint density at radius 3 is 2.55 bits per heavy atom. The maximum Gasteiger partial charge on any atom is 0.310 e. The van der Waals surface area contributed by atoms with E-state index in [2.05, 4.69) is 59.7 Å². The number of hydrogen-bond donors (Lipinski definition) is 0. The number of rotatable bonds is 0. The molecule has 22 heavy (non-hydrogen) atoms. The van der Waals surface area contributed by atoms with Crippen LogP contribution in [0.1, 0.15) is 12.0 Å². The predicted molar refractivity (Wildman–Crippen MR) is 99.9 cm³/mol. The first-order valence-corrected chi connectivity index (χ1v) is 9.89. The van der Waals surface area contributed by atoms with Crippen LogP contribution in [0.2, 0.25) is 0 Å². The summed E-state index contributed by atoms with van der Waals surface area (Å²) >= 11 is 11.2. The van der Waals surface area contributed by atoms with Gasteiger partial charge in [-0.3, -0.25) is 0 Å². The third kappa shape index (κ3) is 2.09. The summed E-state index contributed by atoms with van der Waals surface area (Å²) in [7, 11) is 2.30. The molecule has 0 radical (unpaired) electrons. The molecule has 1 aromatic rings. The van der Waals surface area contributed by atoms with Crippen molar-refractivity contribution in [3.8, 4) is 0 Å². The third-order valence-electron chi connectivity index (χ3n) is 4.84. The SMILES string of the molecule is C[N+]12CCCc3c(Br)c(Br)c(Br)c(c31)N=C2N1CCOCC1. The van der Waals surface area contributed by atoms with Gasteiger partial charge in [-0.15, -0.1) is 0 Å². The molecule has 3 aliphatic rings. The first-order valence-electron chi connectivity index (χ1n) is 7.51. The highest BCUT2D eigenvalue weighted by Gasteiger charge is 2.49. The quantitative estimate of drug-likeness (QED) is 0.399. The Labute approximate surface area is 155 Å². The lowest BCUT2D eigenvalue weighted by Gasteiger charge is -2.40. The van der Waals surface area contributed by atoms with Gasteiger partial charge in [0, 0.05) is 34.0 Å². The highest BCUT2D eigenvalue weighted by Crippen LogP contribution is 2.55.